The van der Waals surface area contributed by atoms with Gasteiger partial charge in [-0.05, 0) is 26.7 Å². The third kappa shape index (κ3) is 4.67. The molecule has 4 heterocycles. The maximum absolute atomic E-state index is 12.9. The van der Waals surface area contributed by atoms with Crippen molar-refractivity contribution in [3.05, 3.63) is 49.5 Å². The van der Waals surface area contributed by atoms with Gasteiger partial charge in [0.15, 0.2) is 5.69 Å². The second-order valence-corrected chi connectivity index (χ2v) is 9.96. The Kier molecular flexibility index (Phi) is 6.30. The van der Waals surface area contributed by atoms with Crippen LogP contribution in [-0.4, -0.2) is 32.7 Å². The SMILES string of the molecule is Cc1oc2nc1C(=O)NC(C)c1nc(cs1)C(=O)N[C@H](C(C)C)c1nc(cs1)C(=O)N[C@@H]2C. The Morgan fingerprint density at radius 1 is 0.848 bits per heavy atom. The van der Waals surface area contributed by atoms with E-state index in [0.29, 0.717) is 15.8 Å². The van der Waals surface area contributed by atoms with Gasteiger partial charge in [-0.1, -0.05) is 13.8 Å². The number of thiazole rings is 2. The van der Waals surface area contributed by atoms with Crippen LogP contribution in [0.25, 0.3) is 0 Å². The van der Waals surface area contributed by atoms with Crippen molar-refractivity contribution in [2.75, 3.05) is 0 Å². The standard InChI is InChI=1S/C21H24N6O4S2/c1-8(2)14-21-25-12(7-33-21)16(28)22-9(3)19-27-15(11(5)31-19)18(30)23-10(4)20-24-13(6-32-20)17(29)26-14/h6-10,14H,1-5H3,(H,22,28)(H,23,30)(H,26,29)/t9-,10?,14-/m1/s1. The number of hydrogen-bond acceptors (Lipinski definition) is 9. The lowest BCUT2D eigenvalue weighted by Crippen LogP contribution is -2.32. The molecule has 0 radical (unpaired) electrons. The van der Waals surface area contributed by atoms with Crippen LogP contribution in [0.15, 0.2) is 15.2 Å². The second-order valence-electron chi connectivity index (χ2n) is 8.18. The van der Waals surface area contributed by atoms with Crippen LogP contribution in [0.2, 0.25) is 0 Å². The zero-order valence-electron chi connectivity index (χ0n) is 18.8. The van der Waals surface area contributed by atoms with Gasteiger partial charge in [0, 0.05) is 10.8 Å². The predicted octanol–water partition coefficient (Wildman–Crippen LogP) is 3.32. The Bertz CT molecular complexity index is 1210. The van der Waals surface area contributed by atoms with Gasteiger partial charge in [0.05, 0.1) is 12.1 Å². The number of aromatic nitrogens is 3. The molecule has 3 N–H and O–H groups in total. The van der Waals surface area contributed by atoms with Gasteiger partial charge in [0.2, 0.25) is 5.89 Å². The molecule has 0 fully saturated rings. The summed E-state index contributed by atoms with van der Waals surface area (Å²) < 4.78 is 5.65. The van der Waals surface area contributed by atoms with E-state index in [1.165, 1.54) is 22.7 Å². The molecule has 1 aliphatic rings. The summed E-state index contributed by atoms with van der Waals surface area (Å²) in [7, 11) is 0. The number of oxazole rings is 1. The van der Waals surface area contributed by atoms with E-state index in [4.69, 9.17) is 4.42 Å². The summed E-state index contributed by atoms with van der Waals surface area (Å²) in [4.78, 5) is 51.6. The van der Waals surface area contributed by atoms with Crippen molar-refractivity contribution < 1.29 is 18.8 Å². The molecule has 0 spiro atoms. The van der Waals surface area contributed by atoms with Crippen molar-refractivity contribution in [2.24, 2.45) is 5.92 Å². The Labute approximate surface area is 198 Å². The molecule has 3 aromatic rings. The number of carbonyl (C=O) groups excluding carboxylic acids is 3. The first-order chi connectivity index (χ1) is 15.6. The molecule has 3 atom stereocenters. The Hall–Kier alpha value is -3.12. The second kappa shape index (κ2) is 9.02. The summed E-state index contributed by atoms with van der Waals surface area (Å²) in [6, 6.07) is -1.41. The molecule has 0 saturated carbocycles. The van der Waals surface area contributed by atoms with Crippen molar-refractivity contribution in [3.63, 3.8) is 0 Å². The lowest BCUT2D eigenvalue weighted by Gasteiger charge is -2.19. The molecule has 3 amide bonds. The van der Waals surface area contributed by atoms with Gasteiger partial charge in [0.1, 0.15) is 33.2 Å². The minimum atomic E-state index is -0.582. The lowest BCUT2D eigenvalue weighted by atomic mass is 10.1. The highest BCUT2D eigenvalue weighted by atomic mass is 32.1. The van der Waals surface area contributed by atoms with E-state index < -0.39 is 23.9 Å². The van der Waals surface area contributed by atoms with E-state index in [-0.39, 0.29) is 40.8 Å². The van der Waals surface area contributed by atoms with Crippen molar-refractivity contribution in [1.82, 2.24) is 30.9 Å². The van der Waals surface area contributed by atoms with Gasteiger partial charge in [-0.25, -0.2) is 15.0 Å². The number of hydrogen-bond donors (Lipinski definition) is 3. The number of carbonyl (C=O) groups is 3. The van der Waals surface area contributed by atoms with E-state index in [1.54, 1.807) is 31.5 Å². The topological polar surface area (TPSA) is 139 Å². The van der Waals surface area contributed by atoms with Crippen molar-refractivity contribution >= 4 is 40.4 Å². The van der Waals surface area contributed by atoms with Crippen molar-refractivity contribution in [1.29, 1.82) is 0 Å². The average Bonchev–Trinajstić information content (AvgIpc) is 3.50. The number of aryl methyl sites for hydroxylation is 1. The molecule has 4 rings (SSSR count). The van der Waals surface area contributed by atoms with Gasteiger partial charge in [0.25, 0.3) is 17.7 Å². The van der Waals surface area contributed by atoms with Gasteiger partial charge in [-0.3, -0.25) is 14.4 Å². The lowest BCUT2D eigenvalue weighted by molar-refractivity contribution is 0.0919. The summed E-state index contributed by atoms with van der Waals surface area (Å²) in [5.41, 5.74) is 0.615. The van der Waals surface area contributed by atoms with E-state index in [0.717, 1.165) is 0 Å². The molecule has 1 unspecified atom stereocenters. The summed E-state index contributed by atoms with van der Waals surface area (Å²) in [5.74, 6) is -0.588. The number of amides is 3. The van der Waals surface area contributed by atoms with E-state index in [1.807, 2.05) is 13.8 Å². The molecular formula is C21H24N6O4S2. The summed E-state index contributed by atoms with van der Waals surface area (Å²) in [5, 5.41) is 13.1. The molecule has 0 aliphatic carbocycles. The molecule has 174 valence electrons. The van der Waals surface area contributed by atoms with Crippen LogP contribution in [-0.2, 0) is 0 Å². The van der Waals surface area contributed by atoms with Crippen LogP contribution in [0.4, 0.5) is 0 Å². The summed E-state index contributed by atoms with van der Waals surface area (Å²) in [6.07, 6.45) is 0. The third-order valence-electron chi connectivity index (χ3n) is 5.19. The monoisotopic (exact) mass is 488 g/mol. The first kappa shape index (κ1) is 23.1. The summed E-state index contributed by atoms with van der Waals surface area (Å²) >= 11 is 2.59. The fraction of sp³-hybridized carbons (Fsp3) is 0.429. The van der Waals surface area contributed by atoms with Crippen LogP contribution < -0.4 is 16.0 Å². The van der Waals surface area contributed by atoms with E-state index >= 15 is 0 Å². The van der Waals surface area contributed by atoms with E-state index in [2.05, 4.69) is 30.9 Å². The van der Waals surface area contributed by atoms with Crippen molar-refractivity contribution in [3.8, 4) is 0 Å². The van der Waals surface area contributed by atoms with Gasteiger partial charge in [-0.2, -0.15) is 0 Å². The minimum absolute atomic E-state index is 0.0329. The van der Waals surface area contributed by atoms with Gasteiger partial charge in [-0.15, -0.1) is 22.7 Å². The molecule has 0 saturated heterocycles. The molecule has 33 heavy (non-hydrogen) atoms. The quantitative estimate of drug-likeness (QED) is 0.477. The zero-order chi connectivity index (χ0) is 23.9. The zero-order valence-corrected chi connectivity index (χ0v) is 20.4. The molecule has 1 aliphatic heterocycles. The molecule has 10 nitrogen and oxygen atoms in total. The number of nitrogens with zero attached hydrogens (tertiary/aromatic N) is 3. The average molecular weight is 489 g/mol. The number of fused-ring (bicyclic) bond motifs is 6. The van der Waals surface area contributed by atoms with Crippen LogP contribution >= 0.6 is 22.7 Å². The Morgan fingerprint density at radius 2 is 1.42 bits per heavy atom. The van der Waals surface area contributed by atoms with Crippen molar-refractivity contribution in [2.45, 2.75) is 52.7 Å². The Morgan fingerprint density at radius 3 is 2.09 bits per heavy atom. The number of rotatable bonds is 1. The van der Waals surface area contributed by atoms with Crippen LogP contribution in [0, 0.1) is 12.8 Å². The maximum Gasteiger partial charge on any atom is 0.274 e. The van der Waals surface area contributed by atoms with Gasteiger partial charge < -0.3 is 20.4 Å². The smallest absolute Gasteiger partial charge is 0.274 e. The first-order valence-corrected chi connectivity index (χ1v) is 12.2. The maximum atomic E-state index is 12.9. The molecule has 0 aromatic carbocycles. The minimum Gasteiger partial charge on any atom is -0.443 e. The van der Waals surface area contributed by atoms with Crippen LogP contribution in [0.3, 0.4) is 0 Å². The highest BCUT2D eigenvalue weighted by Gasteiger charge is 2.28. The fourth-order valence-corrected chi connectivity index (χ4v) is 5.15. The highest BCUT2D eigenvalue weighted by molar-refractivity contribution is 7.10. The van der Waals surface area contributed by atoms with Crippen LogP contribution in [0.5, 0.6) is 0 Å². The number of nitrogens with one attached hydrogen (secondary N) is 3. The molecule has 12 heteroatoms. The van der Waals surface area contributed by atoms with Crippen LogP contribution in [0.1, 0.15) is 99.0 Å². The first-order valence-electron chi connectivity index (χ1n) is 10.4. The Balaban J connectivity index is 1.74. The highest BCUT2D eigenvalue weighted by Crippen LogP contribution is 2.27. The third-order valence-corrected chi connectivity index (χ3v) is 7.15. The van der Waals surface area contributed by atoms with Gasteiger partial charge >= 0.3 is 0 Å². The predicted molar refractivity (Wildman–Crippen MR) is 122 cm³/mol. The summed E-state index contributed by atoms with van der Waals surface area (Å²) in [6.45, 7) is 9.06. The largest absolute Gasteiger partial charge is 0.443 e. The van der Waals surface area contributed by atoms with E-state index in [9.17, 15) is 14.4 Å². The fourth-order valence-electron chi connectivity index (χ4n) is 3.33. The normalized spacial score (nSPS) is 21.8. The molecule has 3 aromatic heterocycles. The molecular weight excluding hydrogens is 464 g/mol. The molecule has 6 bridgehead atoms.